The summed E-state index contributed by atoms with van der Waals surface area (Å²) in [5.74, 6) is 2.40. The Morgan fingerprint density at radius 3 is 1.86 bits per heavy atom. The van der Waals surface area contributed by atoms with E-state index in [1.165, 1.54) is 5.56 Å². The van der Waals surface area contributed by atoms with Gasteiger partial charge in [-0.25, -0.2) is 19.9 Å². The van der Waals surface area contributed by atoms with Crippen molar-refractivity contribution in [2.45, 2.75) is 109 Å². The summed E-state index contributed by atoms with van der Waals surface area (Å²) in [7, 11) is -2.24. The smallest absolute Gasteiger partial charge is 0.218 e. The summed E-state index contributed by atoms with van der Waals surface area (Å²) in [5.41, 5.74) is 6.44. The number of hydrogen-bond acceptors (Lipinski definition) is 14. The summed E-state index contributed by atoms with van der Waals surface area (Å²) in [4.78, 5) is 25.2. The van der Waals surface area contributed by atoms with E-state index in [9.17, 15) is 10.5 Å². The predicted molar refractivity (Wildman–Crippen MR) is 279 cm³/mol. The maximum Gasteiger partial charge on any atom is 0.218 e. The molecule has 7 aromatic rings. The van der Waals surface area contributed by atoms with E-state index < -0.39 is 16.1 Å². The lowest BCUT2D eigenvalue weighted by atomic mass is 9.96. The molecule has 0 spiro atoms. The van der Waals surface area contributed by atoms with Gasteiger partial charge in [0.15, 0.2) is 0 Å². The summed E-state index contributed by atoms with van der Waals surface area (Å²) < 4.78 is 25.5. The first kappa shape index (κ1) is 49.7. The van der Waals surface area contributed by atoms with Gasteiger partial charge in [0.2, 0.25) is 5.88 Å². The van der Waals surface area contributed by atoms with Gasteiger partial charge in [-0.1, -0.05) is 39.3 Å². The lowest BCUT2D eigenvalue weighted by Crippen LogP contribution is -2.25. The van der Waals surface area contributed by atoms with Crippen LogP contribution in [0.4, 0.5) is 5.82 Å². The predicted octanol–water partition coefficient (Wildman–Crippen LogP) is 8.59. The number of nitriles is 2. The van der Waals surface area contributed by atoms with Crippen molar-refractivity contribution in [1.82, 2.24) is 58.9 Å². The first-order valence-corrected chi connectivity index (χ1v) is 32.4. The number of rotatable bonds is 19. The fourth-order valence-corrected chi connectivity index (χ4v) is 11.2. The third kappa shape index (κ3) is 11.9. The van der Waals surface area contributed by atoms with E-state index in [2.05, 4.69) is 98.8 Å². The van der Waals surface area contributed by atoms with Crippen LogP contribution in [0.25, 0.3) is 44.6 Å². The zero-order chi connectivity index (χ0) is 49.5. The van der Waals surface area contributed by atoms with E-state index in [4.69, 9.17) is 24.3 Å². The molecule has 4 unspecified atom stereocenters. The van der Waals surface area contributed by atoms with Crippen molar-refractivity contribution >= 4 is 44.0 Å². The minimum absolute atomic E-state index is 0.0314. The molecule has 1 N–H and O–H groups in total. The Labute approximate surface area is 418 Å². The molecule has 2 fully saturated rings. The maximum absolute atomic E-state index is 9.68. The topological polar surface area (TPSA) is 200 Å². The second-order valence-electron chi connectivity index (χ2n) is 21.4. The number of aromatic nitrogens is 11. The van der Waals surface area contributed by atoms with Gasteiger partial charge in [-0.2, -0.15) is 25.7 Å². The molecule has 4 atom stereocenters. The average molecular weight is 994 g/mol. The van der Waals surface area contributed by atoms with Gasteiger partial charge in [0.05, 0.1) is 67.5 Å². The quantitative estimate of drug-likeness (QED) is 0.0596. The Balaban J connectivity index is 0.000000182. The number of nitrogens with one attached hydrogen (secondary N) is 1. The van der Waals surface area contributed by atoms with Crippen LogP contribution in [0.15, 0.2) is 74.1 Å². The number of anilines is 1. The lowest BCUT2D eigenvalue weighted by Gasteiger charge is -2.23. The molecule has 0 aliphatic carbocycles. The minimum atomic E-state index is -1.13. The van der Waals surface area contributed by atoms with Crippen LogP contribution in [0.3, 0.4) is 0 Å². The van der Waals surface area contributed by atoms with Gasteiger partial charge in [-0.15, -0.1) is 0 Å². The molecule has 20 heteroatoms. The summed E-state index contributed by atoms with van der Waals surface area (Å²) in [5, 5.41) is 33.7. The van der Waals surface area contributed by atoms with E-state index in [-0.39, 0.29) is 18.0 Å². The largest absolute Gasteiger partial charge is 0.477 e. The third-order valence-electron chi connectivity index (χ3n) is 13.9. The van der Waals surface area contributed by atoms with Gasteiger partial charge in [-0.3, -0.25) is 9.36 Å². The van der Waals surface area contributed by atoms with E-state index in [1.54, 1.807) is 12.7 Å². The van der Waals surface area contributed by atoms with Crippen molar-refractivity contribution < 1.29 is 14.2 Å². The summed E-state index contributed by atoms with van der Waals surface area (Å²) in [6, 6.07) is 15.3. The van der Waals surface area contributed by atoms with Crippen molar-refractivity contribution in [2.75, 3.05) is 50.9 Å². The molecule has 10 rings (SSSR count). The van der Waals surface area contributed by atoms with Gasteiger partial charge in [0.1, 0.15) is 43.2 Å². The Morgan fingerprint density at radius 2 is 1.32 bits per heavy atom. The van der Waals surface area contributed by atoms with Crippen molar-refractivity contribution in [3.05, 3.63) is 79.7 Å². The molecule has 0 bridgehead atoms. The van der Waals surface area contributed by atoms with Crippen LogP contribution in [0.5, 0.6) is 5.88 Å². The molecular formula is C51H67N15O3Si2. The molecule has 10 heterocycles. The fourth-order valence-electron chi connectivity index (χ4n) is 9.70. The van der Waals surface area contributed by atoms with Crippen LogP contribution in [-0.4, -0.2) is 116 Å². The van der Waals surface area contributed by atoms with E-state index in [1.807, 2.05) is 67.8 Å². The molecule has 372 valence electrons. The number of pyridine rings is 1. The van der Waals surface area contributed by atoms with Crippen LogP contribution in [0.1, 0.15) is 43.3 Å². The summed E-state index contributed by atoms with van der Waals surface area (Å²) >= 11 is 0. The Morgan fingerprint density at radius 1 is 0.746 bits per heavy atom. The molecule has 0 saturated carbocycles. The van der Waals surface area contributed by atoms with Crippen molar-refractivity contribution in [1.29, 1.82) is 10.5 Å². The number of ether oxygens (including phenoxy) is 3. The zero-order valence-electron chi connectivity index (χ0n) is 42.0. The lowest BCUT2D eigenvalue weighted by molar-refractivity contribution is 0.0898. The van der Waals surface area contributed by atoms with E-state index in [0.717, 1.165) is 127 Å². The number of nitrogens with zero attached hydrogens (tertiary/aromatic N) is 14. The van der Waals surface area contributed by atoms with Crippen LogP contribution in [0, 0.1) is 34.5 Å². The maximum atomic E-state index is 9.68. The zero-order valence-corrected chi connectivity index (χ0v) is 44.0. The Bertz CT molecular complexity index is 2980. The molecule has 7 aromatic heterocycles. The van der Waals surface area contributed by atoms with Gasteiger partial charge in [-0.05, 0) is 61.7 Å². The molecule has 0 radical (unpaired) electrons. The molecule has 18 nitrogen and oxygen atoms in total. The van der Waals surface area contributed by atoms with Gasteiger partial charge in [0.25, 0.3) is 0 Å². The van der Waals surface area contributed by atoms with E-state index >= 15 is 0 Å². The molecule has 71 heavy (non-hydrogen) atoms. The number of hydrogen-bond donors (Lipinski definition) is 1. The first-order chi connectivity index (χ1) is 34.4. The second kappa shape index (κ2) is 22.0. The highest BCUT2D eigenvalue weighted by Gasteiger charge is 2.33. The Kier molecular flexibility index (Phi) is 15.4. The van der Waals surface area contributed by atoms with Crippen molar-refractivity contribution in [3.8, 4) is 40.5 Å². The first-order valence-electron chi connectivity index (χ1n) is 25.0. The molecule has 0 aromatic carbocycles. The SMILES string of the molecule is C[Si](C)(C)CCOCn1ccc2c(-c3cnn(C(CC#N)C4CCN(c5ccc6c(n5)OCC6)C4)c3)ncnc21.C[Si](C)(C)CCOCn1ccc2c(-c3cnn(C(CC#N)C4CCNC4)c3)ncnc21. The highest BCUT2D eigenvalue weighted by Crippen LogP contribution is 2.36. The monoisotopic (exact) mass is 994 g/mol. The van der Waals surface area contributed by atoms with Gasteiger partial charge >= 0.3 is 0 Å². The summed E-state index contributed by atoms with van der Waals surface area (Å²) in [6.45, 7) is 21.0. The second-order valence-corrected chi connectivity index (χ2v) is 32.7. The third-order valence-corrected chi connectivity index (χ3v) is 17.3. The molecule has 3 aliphatic rings. The molecular weight excluding hydrogens is 927 g/mol. The molecule has 0 amide bonds. The normalized spacial score (nSPS) is 17.7. The average Bonchev–Trinajstić information content (AvgIpc) is 4.22. The fraction of sp³-hybridized carbons (Fsp3) is 0.510. The molecule has 3 aliphatic heterocycles. The van der Waals surface area contributed by atoms with Crippen LogP contribution >= 0.6 is 0 Å². The van der Waals surface area contributed by atoms with Crippen LogP contribution in [0.2, 0.25) is 51.4 Å². The van der Waals surface area contributed by atoms with E-state index in [0.29, 0.717) is 38.8 Å². The van der Waals surface area contributed by atoms with Crippen molar-refractivity contribution in [3.63, 3.8) is 0 Å². The van der Waals surface area contributed by atoms with Gasteiger partial charge in [0, 0.05) is 114 Å². The highest BCUT2D eigenvalue weighted by atomic mass is 28.3. The number of fused-ring (bicyclic) bond motifs is 3. The highest BCUT2D eigenvalue weighted by molar-refractivity contribution is 6.76. The van der Waals surface area contributed by atoms with Crippen LogP contribution < -0.4 is 15.0 Å². The Hall–Kier alpha value is -6.30. The summed E-state index contributed by atoms with van der Waals surface area (Å²) in [6.07, 6.45) is 18.8. The van der Waals surface area contributed by atoms with Crippen LogP contribution in [-0.2, 0) is 29.4 Å². The standard InChI is InChI=1S/C29H36N8O2Si.C22H31N7OSi/c1-40(2,3)15-14-38-20-36-12-8-24-27(31-19-32-28(24)36)23-16-33-37(18-23)25(6-10-30)22-7-11-35(17-22)26-5-4-21-9-13-39-29(21)34-26;1-31(2,3)11-10-30-16-28-9-6-19-21(25-15-26-22(19)28)18-13-27-29(14-18)20(4-7-23)17-5-8-24-12-17/h4-5,8,12,16,18-19,22,25H,6-7,9,11,13-15,17,20H2,1-3H3;6,9,13-15,17,20,24H,4-5,8,10-12,16H2,1-3H3. The minimum Gasteiger partial charge on any atom is -0.477 e. The molecule has 2 saturated heterocycles. The van der Waals surface area contributed by atoms with Gasteiger partial charge < -0.3 is 33.6 Å². The van der Waals surface area contributed by atoms with Crippen molar-refractivity contribution in [2.24, 2.45) is 11.8 Å².